The van der Waals surface area contributed by atoms with Crippen LogP contribution in [0.3, 0.4) is 0 Å². The van der Waals surface area contributed by atoms with E-state index in [0.29, 0.717) is 0 Å². The predicted octanol–water partition coefficient (Wildman–Crippen LogP) is 3.34. The maximum Gasteiger partial charge on any atom is 0.191 e. The molecule has 0 bridgehead atoms. The molecule has 29 heavy (non-hydrogen) atoms. The topological polar surface area (TPSA) is 57.5 Å². The van der Waals surface area contributed by atoms with Crippen LogP contribution in [0.4, 0.5) is 0 Å². The first kappa shape index (κ1) is 23.7. The second kappa shape index (κ2) is 12.8. The lowest BCUT2D eigenvalue weighted by Gasteiger charge is -2.30. The summed E-state index contributed by atoms with van der Waals surface area (Å²) in [5.74, 6) is 1.75. The fourth-order valence-electron chi connectivity index (χ4n) is 3.56. The number of nitrogens with zero attached hydrogens (tertiary/aromatic N) is 4. The summed E-state index contributed by atoms with van der Waals surface area (Å²) < 4.78 is 1.97. The maximum atomic E-state index is 4.46. The molecule has 2 N–H and O–H groups in total. The van der Waals surface area contributed by atoms with Crippen LogP contribution in [0.5, 0.6) is 0 Å². The van der Waals surface area contributed by atoms with Crippen molar-refractivity contribution in [3.8, 4) is 0 Å². The van der Waals surface area contributed by atoms with Crippen molar-refractivity contribution < 1.29 is 0 Å². The van der Waals surface area contributed by atoms with Crippen molar-refractivity contribution >= 4 is 29.9 Å². The third-order valence-electron chi connectivity index (χ3n) is 5.38. The number of hydrogen-bond acceptors (Lipinski definition) is 3. The van der Waals surface area contributed by atoms with Crippen molar-refractivity contribution in [3.05, 3.63) is 53.9 Å². The van der Waals surface area contributed by atoms with E-state index in [4.69, 9.17) is 0 Å². The molecule has 1 aliphatic heterocycles. The first-order valence-corrected chi connectivity index (χ1v) is 10.4. The Morgan fingerprint density at radius 2 is 1.90 bits per heavy atom. The monoisotopic (exact) mass is 510 g/mol. The summed E-state index contributed by atoms with van der Waals surface area (Å²) in [5, 5.41) is 11.3. The van der Waals surface area contributed by atoms with Crippen LogP contribution < -0.4 is 10.6 Å². The average molecular weight is 510 g/mol. The summed E-state index contributed by atoms with van der Waals surface area (Å²) >= 11 is 0. The molecule has 7 heteroatoms. The zero-order valence-electron chi connectivity index (χ0n) is 17.7. The Bertz CT molecular complexity index is 722. The van der Waals surface area contributed by atoms with Gasteiger partial charge >= 0.3 is 0 Å². The van der Waals surface area contributed by atoms with Crippen LogP contribution in [0.15, 0.2) is 47.7 Å². The molecule has 1 fully saturated rings. The molecule has 0 radical (unpaired) electrons. The number of benzene rings is 1. The van der Waals surface area contributed by atoms with Crippen molar-refractivity contribution in [1.29, 1.82) is 0 Å². The first-order valence-electron chi connectivity index (χ1n) is 10.4. The second-order valence-electron chi connectivity index (χ2n) is 7.76. The summed E-state index contributed by atoms with van der Waals surface area (Å²) in [6.45, 7) is 8.49. The fourth-order valence-corrected chi connectivity index (χ4v) is 3.56. The van der Waals surface area contributed by atoms with Gasteiger partial charge < -0.3 is 15.5 Å². The Balaban J connectivity index is 0.00000300. The molecule has 6 nitrogen and oxygen atoms in total. The molecule has 1 aliphatic rings. The van der Waals surface area contributed by atoms with Crippen LogP contribution in [0.2, 0.25) is 0 Å². The molecule has 160 valence electrons. The maximum absolute atomic E-state index is 4.46. The number of aromatic nitrogens is 2. The van der Waals surface area contributed by atoms with E-state index in [2.05, 4.69) is 63.0 Å². The van der Waals surface area contributed by atoms with Crippen LogP contribution in [0.25, 0.3) is 0 Å². The van der Waals surface area contributed by atoms with Gasteiger partial charge in [-0.1, -0.05) is 37.3 Å². The molecule has 0 spiro atoms. The Labute approximate surface area is 192 Å². The highest BCUT2D eigenvalue weighted by Gasteiger charge is 2.14. The fraction of sp³-hybridized carbons (Fsp3) is 0.545. The van der Waals surface area contributed by atoms with Crippen LogP contribution in [0.1, 0.15) is 37.3 Å². The van der Waals surface area contributed by atoms with Gasteiger partial charge in [-0.25, -0.2) is 0 Å². The number of hydrogen-bond donors (Lipinski definition) is 2. The number of likely N-dealkylation sites (tertiary alicyclic amines) is 1. The van der Waals surface area contributed by atoms with Gasteiger partial charge in [-0.2, -0.15) is 5.10 Å². The largest absolute Gasteiger partial charge is 0.356 e. The molecule has 0 amide bonds. The summed E-state index contributed by atoms with van der Waals surface area (Å²) in [4.78, 5) is 6.91. The molecule has 1 aromatic heterocycles. The highest BCUT2D eigenvalue weighted by molar-refractivity contribution is 14.0. The lowest BCUT2D eigenvalue weighted by molar-refractivity contribution is 0.191. The summed E-state index contributed by atoms with van der Waals surface area (Å²) in [6.07, 6.45) is 7.83. The van der Waals surface area contributed by atoms with Crippen molar-refractivity contribution in [1.82, 2.24) is 25.3 Å². The van der Waals surface area contributed by atoms with Crippen LogP contribution >= 0.6 is 24.0 Å². The Kier molecular flexibility index (Phi) is 10.5. The second-order valence-corrected chi connectivity index (χ2v) is 7.76. The van der Waals surface area contributed by atoms with Crippen molar-refractivity contribution in [2.45, 2.75) is 39.3 Å². The first-order chi connectivity index (χ1) is 13.7. The van der Waals surface area contributed by atoms with E-state index in [-0.39, 0.29) is 24.0 Å². The van der Waals surface area contributed by atoms with Gasteiger partial charge in [0.05, 0.1) is 12.7 Å². The third kappa shape index (κ3) is 8.34. The van der Waals surface area contributed by atoms with E-state index in [1.807, 2.05) is 24.0 Å². The van der Waals surface area contributed by atoms with Crippen LogP contribution in [0, 0.1) is 5.92 Å². The minimum absolute atomic E-state index is 0. The van der Waals surface area contributed by atoms with Gasteiger partial charge in [0, 0.05) is 31.9 Å². The molecular formula is C22H35IN6. The summed E-state index contributed by atoms with van der Waals surface area (Å²) in [5.41, 5.74) is 2.41. The minimum atomic E-state index is 0. The molecule has 0 atom stereocenters. The lowest BCUT2D eigenvalue weighted by atomic mass is 9.99. The standard InChI is InChI=1S/C22H34N6.HI/c1-19-9-13-27(14-10-19)12-6-11-24-22(23-2)25-15-21-16-26-28(18-21)17-20-7-4-3-5-8-20;/h3-5,7-8,16,18-19H,6,9-15,17H2,1-2H3,(H2,23,24,25);1H. The van der Waals surface area contributed by atoms with Gasteiger partial charge in [-0.3, -0.25) is 9.67 Å². The van der Waals surface area contributed by atoms with E-state index in [9.17, 15) is 0 Å². The summed E-state index contributed by atoms with van der Waals surface area (Å²) in [6, 6.07) is 10.4. The predicted molar refractivity (Wildman–Crippen MR) is 131 cm³/mol. The molecular weight excluding hydrogens is 475 g/mol. The quantitative estimate of drug-likeness (QED) is 0.248. The molecule has 3 rings (SSSR count). The molecule has 1 aromatic carbocycles. The van der Waals surface area contributed by atoms with E-state index in [1.54, 1.807) is 0 Å². The van der Waals surface area contributed by atoms with Crippen LogP contribution in [-0.2, 0) is 13.1 Å². The van der Waals surface area contributed by atoms with E-state index < -0.39 is 0 Å². The number of guanidine groups is 1. The number of rotatable bonds is 8. The summed E-state index contributed by atoms with van der Waals surface area (Å²) in [7, 11) is 1.82. The highest BCUT2D eigenvalue weighted by Crippen LogP contribution is 2.15. The lowest BCUT2D eigenvalue weighted by Crippen LogP contribution is -2.39. The molecule has 2 aromatic rings. The van der Waals surface area contributed by atoms with Gasteiger partial charge in [-0.05, 0) is 50.4 Å². The number of aliphatic imine (C=N–C) groups is 1. The number of halogens is 1. The Morgan fingerprint density at radius 3 is 2.62 bits per heavy atom. The molecule has 0 aliphatic carbocycles. The smallest absolute Gasteiger partial charge is 0.191 e. The Hall–Kier alpha value is -1.61. The van der Waals surface area contributed by atoms with Crippen molar-refractivity contribution in [3.63, 3.8) is 0 Å². The van der Waals surface area contributed by atoms with E-state index in [0.717, 1.165) is 43.5 Å². The van der Waals surface area contributed by atoms with E-state index >= 15 is 0 Å². The van der Waals surface area contributed by atoms with Crippen molar-refractivity contribution in [2.24, 2.45) is 10.9 Å². The minimum Gasteiger partial charge on any atom is -0.356 e. The van der Waals surface area contributed by atoms with E-state index in [1.165, 1.54) is 38.0 Å². The molecule has 1 saturated heterocycles. The van der Waals surface area contributed by atoms with Gasteiger partial charge in [0.2, 0.25) is 0 Å². The van der Waals surface area contributed by atoms with Gasteiger partial charge in [0.25, 0.3) is 0 Å². The normalized spacial score (nSPS) is 15.7. The third-order valence-corrected chi connectivity index (χ3v) is 5.38. The van der Waals surface area contributed by atoms with Gasteiger partial charge in [0.15, 0.2) is 5.96 Å². The number of piperidine rings is 1. The average Bonchev–Trinajstić information content (AvgIpc) is 3.17. The Morgan fingerprint density at radius 1 is 1.14 bits per heavy atom. The van der Waals surface area contributed by atoms with Gasteiger partial charge in [0.1, 0.15) is 0 Å². The zero-order valence-corrected chi connectivity index (χ0v) is 20.0. The molecule has 2 heterocycles. The zero-order chi connectivity index (χ0) is 19.6. The number of nitrogens with one attached hydrogen (secondary N) is 2. The van der Waals surface area contributed by atoms with Crippen LogP contribution in [-0.4, -0.2) is 53.9 Å². The van der Waals surface area contributed by atoms with Crippen molar-refractivity contribution in [2.75, 3.05) is 33.2 Å². The molecule has 0 saturated carbocycles. The SMILES string of the molecule is CN=C(NCCCN1CCC(C)CC1)NCc1cnn(Cc2ccccc2)c1.I. The van der Waals surface area contributed by atoms with Gasteiger partial charge in [-0.15, -0.1) is 24.0 Å². The highest BCUT2D eigenvalue weighted by atomic mass is 127. The molecule has 0 unspecified atom stereocenters.